The van der Waals surface area contributed by atoms with Crippen LogP contribution in [-0.2, 0) is 4.79 Å². The van der Waals surface area contributed by atoms with E-state index in [4.69, 9.17) is 0 Å². The van der Waals surface area contributed by atoms with Gasteiger partial charge in [0.05, 0.1) is 0 Å². The Hall–Kier alpha value is -0.370. The Kier molecular flexibility index (Phi) is 3.12. The maximum atomic E-state index is 10.9. The molecule has 1 heterocycles. The molecule has 0 aliphatic carbocycles. The molecule has 13 heavy (non-hydrogen) atoms. The summed E-state index contributed by atoms with van der Waals surface area (Å²) in [6.07, 6.45) is 1.96. The summed E-state index contributed by atoms with van der Waals surface area (Å²) in [5, 5.41) is 0. The lowest BCUT2D eigenvalue weighted by atomic mass is 10.0. The van der Waals surface area contributed by atoms with E-state index in [1.165, 1.54) is 6.42 Å². The lowest BCUT2D eigenvalue weighted by molar-refractivity contribution is -0.117. The molecule has 0 aromatic rings. The van der Waals surface area contributed by atoms with Crippen LogP contribution in [-0.4, -0.2) is 29.3 Å². The van der Waals surface area contributed by atoms with Gasteiger partial charge in [-0.1, -0.05) is 0 Å². The van der Waals surface area contributed by atoms with E-state index in [-0.39, 0.29) is 5.54 Å². The van der Waals surface area contributed by atoms with Crippen molar-refractivity contribution in [3.05, 3.63) is 0 Å². The average Bonchev–Trinajstić information content (AvgIpc) is 2.32. The molecule has 0 aromatic carbocycles. The first-order valence-corrected chi connectivity index (χ1v) is 5.14. The van der Waals surface area contributed by atoms with Crippen molar-refractivity contribution in [1.82, 2.24) is 4.90 Å². The second-order valence-electron chi connectivity index (χ2n) is 5.18. The third-order valence-corrected chi connectivity index (χ3v) is 2.81. The van der Waals surface area contributed by atoms with Gasteiger partial charge in [0.25, 0.3) is 0 Å². The summed E-state index contributed by atoms with van der Waals surface area (Å²) >= 11 is 0. The summed E-state index contributed by atoms with van der Waals surface area (Å²) in [6.45, 7) is 10.7. The van der Waals surface area contributed by atoms with E-state index < -0.39 is 0 Å². The number of Topliss-reactive ketones (excluding diaryl/α,β-unsaturated/α-hetero) is 1. The van der Waals surface area contributed by atoms with Crippen LogP contribution >= 0.6 is 0 Å². The van der Waals surface area contributed by atoms with Gasteiger partial charge >= 0.3 is 0 Å². The molecule has 0 aromatic heterocycles. The Morgan fingerprint density at radius 1 is 1.46 bits per heavy atom. The third-order valence-electron chi connectivity index (χ3n) is 2.81. The zero-order valence-corrected chi connectivity index (χ0v) is 9.26. The fraction of sp³-hybridized carbons (Fsp3) is 0.909. The zero-order chi connectivity index (χ0) is 10.1. The number of likely N-dealkylation sites (tertiary alicyclic amines) is 1. The van der Waals surface area contributed by atoms with Crippen LogP contribution in [0.5, 0.6) is 0 Å². The molecule has 0 saturated carbocycles. The first-order chi connectivity index (χ1) is 5.89. The summed E-state index contributed by atoms with van der Waals surface area (Å²) in [7, 11) is 0. The number of ketones is 1. The molecule has 1 aliphatic rings. The minimum atomic E-state index is 0.269. The van der Waals surface area contributed by atoms with Gasteiger partial charge in [-0.15, -0.1) is 0 Å². The van der Waals surface area contributed by atoms with E-state index in [2.05, 4.69) is 25.7 Å². The number of hydrogen-bond donors (Lipinski definition) is 0. The monoisotopic (exact) mass is 183 g/mol. The topological polar surface area (TPSA) is 20.3 Å². The van der Waals surface area contributed by atoms with Gasteiger partial charge in [-0.05, 0) is 46.6 Å². The highest BCUT2D eigenvalue weighted by atomic mass is 16.1. The molecule has 0 radical (unpaired) electrons. The second-order valence-corrected chi connectivity index (χ2v) is 5.18. The first kappa shape index (κ1) is 10.7. The predicted octanol–water partition coefficient (Wildman–Crippen LogP) is 2.09. The Bertz CT molecular complexity index is 193. The van der Waals surface area contributed by atoms with E-state index in [9.17, 15) is 4.79 Å². The van der Waals surface area contributed by atoms with Crippen LogP contribution in [0.2, 0.25) is 0 Å². The minimum Gasteiger partial charge on any atom is -0.300 e. The van der Waals surface area contributed by atoms with Gasteiger partial charge in [-0.2, -0.15) is 0 Å². The fourth-order valence-electron chi connectivity index (χ4n) is 2.02. The molecule has 2 nitrogen and oxygen atoms in total. The van der Waals surface area contributed by atoms with Crippen LogP contribution in [0.15, 0.2) is 0 Å². The zero-order valence-electron chi connectivity index (χ0n) is 9.26. The molecular weight excluding hydrogens is 162 g/mol. The average molecular weight is 183 g/mol. The largest absolute Gasteiger partial charge is 0.300 e. The highest BCUT2D eigenvalue weighted by Crippen LogP contribution is 2.26. The lowest BCUT2D eigenvalue weighted by Gasteiger charge is -2.31. The molecule has 0 amide bonds. The summed E-state index contributed by atoms with van der Waals surface area (Å²) < 4.78 is 0. The number of nitrogens with zero attached hydrogens (tertiary/aromatic N) is 1. The van der Waals surface area contributed by atoms with Crippen LogP contribution in [0.3, 0.4) is 0 Å². The van der Waals surface area contributed by atoms with Gasteiger partial charge in [0.1, 0.15) is 5.78 Å². The van der Waals surface area contributed by atoms with E-state index >= 15 is 0 Å². The summed E-state index contributed by atoms with van der Waals surface area (Å²) in [4.78, 5) is 13.4. The quantitative estimate of drug-likeness (QED) is 0.653. The standard InChI is InChI=1S/C11H21NO/c1-9(13)7-10-5-6-12(8-10)11(2,3)4/h10H,5-8H2,1-4H3/t10-/m1/s1. The minimum absolute atomic E-state index is 0.269. The van der Waals surface area contributed by atoms with Gasteiger partial charge in [-0.3, -0.25) is 4.90 Å². The van der Waals surface area contributed by atoms with E-state index in [1.807, 2.05) is 0 Å². The van der Waals surface area contributed by atoms with Gasteiger partial charge in [0, 0.05) is 18.5 Å². The van der Waals surface area contributed by atoms with Crippen molar-refractivity contribution in [2.24, 2.45) is 5.92 Å². The Balaban J connectivity index is 2.41. The van der Waals surface area contributed by atoms with Crippen LogP contribution in [0, 0.1) is 5.92 Å². The Labute approximate surface area is 81.3 Å². The highest BCUT2D eigenvalue weighted by Gasteiger charge is 2.30. The van der Waals surface area contributed by atoms with Gasteiger partial charge in [-0.25, -0.2) is 0 Å². The molecule has 1 aliphatic heterocycles. The van der Waals surface area contributed by atoms with E-state index in [1.54, 1.807) is 6.92 Å². The molecule has 1 atom stereocenters. The normalized spacial score (nSPS) is 25.1. The fourth-order valence-corrected chi connectivity index (χ4v) is 2.02. The van der Waals surface area contributed by atoms with Crippen LogP contribution in [0.1, 0.15) is 40.5 Å². The van der Waals surface area contributed by atoms with E-state index in [0.29, 0.717) is 11.7 Å². The van der Waals surface area contributed by atoms with Gasteiger partial charge in [0.15, 0.2) is 0 Å². The summed E-state index contributed by atoms with van der Waals surface area (Å²) in [6, 6.07) is 0. The van der Waals surface area contributed by atoms with Gasteiger partial charge < -0.3 is 4.79 Å². The molecule has 1 rings (SSSR count). The van der Waals surface area contributed by atoms with Gasteiger partial charge in [0.2, 0.25) is 0 Å². The van der Waals surface area contributed by atoms with Crippen molar-refractivity contribution in [2.45, 2.75) is 46.1 Å². The van der Waals surface area contributed by atoms with Crippen molar-refractivity contribution < 1.29 is 4.79 Å². The molecule has 2 heteroatoms. The van der Waals surface area contributed by atoms with Crippen LogP contribution in [0.25, 0.3) is 0 Å². The van der Waals surface area contributed by atoms with Crippen molar-refractivity contribution >= 4 is 5.78 Å². The predicted molar refractivity (Wildman–Crippen MR) is 54.7 cm³/mol. The molecule has 76 valence electrons. The SMILES string of the molecule is CC(=O)C[C@H]1CCN(C(C)(C)C)C1. The smallest absolute Gasteiger partial charge is 0.130 e. The molecule has 1 fully saturated rings. The molecule has 1 saturated heterocycles. The molecule has 0 unspecified atom stereocenters. The summed E-state index contributed by atoms with van der Waals surface area (Å²) in [5.41, 5.74) is 0.269. The number of hydrogen-bond acceptors (Lipinski definition) is 2. The van der Waals surface area contributed by atoms with Crippen molar-refractivity contribution in [3.8, 4) is 0 Å². The first-order valence-electron chi connectivity index (χ1n) is 5.14. The Morgan fingerprint density at radius 3 is 2.46 bits per heavy atom. The van der Waals surface area contributed by atoms with E-state index in [0.717, 1.165) is 19.5 Å². The molecule has 0 spiro atoms. The maximum absolute atomic E-state index is 10.9. The Morgan fingerprint density at radius 2 is 2.08 bits per heavy atom. The second kappa shape index (κ2) is 3.79. The van der Waals surface area contributed by atoms with Crippen LogP contribution in [0.4, 0.5) is 0 Å². The van der Waals surface area contributed by atoms with Crippen molar-refractivity contribution in [1.29, 1.82) is 0 Å². The third kappa shape index (κ3) is 3.11. The summed E-state index contributed by atoms with van der Waals surface area (Å²) in [5.74, 6) is 0.942. The van der Waals surface area contributed by atoms with Crippen molar-refractivity contribution in [3.63, 3.8) is 0 Å². The highest BCUT2D eigenvalue weighted by molar-refractivity contribution is 5.75. The lowest BCUT2D eigenvalue weighted by Crippen LogP contribution is -2.39. The number of carbonyl (C=O) groups excluding carboxylic acids is 1. The molecule has 0 N–H and O–H groups in total. The number of rotatable bonds is 2. The van der Waals surface area contributed by atoms with Crippen molar-refractivity contribution in [2.75, 3.05) is 13.1 Å². The molecular formula is C11H21NO. The van der Waals surface area contributed by atoms with Crippen LogP contribution < -0.4 is 0 Å². The number of carbonyl (C=O) groups is 1. The molecule has 0 bridgehead atoms. The maximum Gasteiger partial charge on any atom is 0.130 e.